The first-order valence-corrected chi connectivity index (χ1v) is 32.6. The number of nitrogens with one attached hydrogen (secondary N) is 5. The maximum absolute atomic E-state index is 13.9. The first-order chi connectivity index (χ1) is 46.7. The lowest BCUT2D eigenvalue weighted by Crippen LogP contribution is -2.72. The van der Waals surface area contributed by atoms with Crippen molar-refractivity contribution in [3.63, 3.8) is 0 Å². The lowest BCUT2D eigenvalue weighted by molar-refractivity contribution is -0.368. The average Bonchev–Trinajstić information content (AvgIpc) is 0.772. The molecule has 0 saturated carbocycles. The lowest BCUT2D eigenvalue weighted by atomic mass is 9.93. The summed E-state index contributed by atoms with van der Waals surface area (Å²) in [7, 11) is 0. The van der Waals surface area contributed by atoms with Crippen molar-refractivity contribution in [2.45, 2.75) is 270 Å². The molecule has 6 aliphatic rings. The van der Waals surface area contributed by atoms with Gasteiger partial charge in [-0.05, 0) is 38.0 Å². The van der Waals surface area contributed by atoms with Gasteiger partial charge in [0.1, 0.15) is 146 Å². The van der Waals surface area contributed by atoms with Gasteiger partial charge < -0.3 is 155 Å². The summed E-state index contributed by atoms with van der Waals surface area (Å²) >= 11 is 0. The van der Waals surface area contributed by atoms with Crippen LogP contribution in [0.2, 0.25) is 0 Å². The second-order valence-electron chi connectivity index (χ2n) is 24.9. The van der Waals surface area contributed by atoms with Crippen LogP contribution < -0.4 is 31.3 Å². The molecule has 6 fully saturated rings. The van der Waals surface area contributed by atoms with Crippen LogP contribution in [0.1, 0.15) is 96.8 Å². The second-order valence-corrected chi connectivity index (χ2v) is 24.9. The van der Waals surface area contributed by atoms with E-state index in [-0.39, 0.29) is 12.2 Å². The van der Waals surface area contributed by atoms with Gasteiger partial charge in [-0.1, -0.05) is 32.3 Å². The van der Waals surface area contributed by atoms with Gasteiger partial charge in [-0.25, -0.2) is 0 Å². The third-order valence-corrected chi connectivity index (χ3v) is 17.4. The molecule has 15 unspecified atom stereocenters. The lowest BCUT2D eigenvalue weighted by Gasteiger charge is -2.51. The SMILES string of the molecule is CCCCCCC#CCCCOc1cccc(C(=O)N[C@@H]2C(O[C@H]3C(O)C(NC(C)=O)[C@H](OC4C(CO)O[C@@H](O[C@H]5C(O)C(NC(C)=O)C(OC6C(CO[C@@H]7OC(C)C(O)[C@H](O)[C@H]7O)OC(O)[C@@H](NC(C)=O)[C@H]6O)O[C@H]5CO)[C@@H](NC(C)=O)[C@H]4O)O[C@H]3CO)OC(CO)[C@@H](O)C2O)c1. The smallest absolute Gasteiger partial charge is 0.251 e. The molecule has 0 aliphatic carbocycles. The van der Waals surface area contributed by atoms with Crippen LogP contribution in [0, 0.1) is 11.8 Å². The molecule has 1 aromatic carbocycles. The van der Waals surface area contributed by atoms with Crippen molar-refractivity contribution in [2.24, 2.45) is 0 Å². The van der Waals surface area contributed by atoms with E-state index in [0.717, 1.165) is 59.8 Å². The minimum absolute atomic E-state index is 0.0314. The van der Waals surface area contributed by atoms with Crippen LogP contribution in [0.4, 0.5) is 0 Å². The van der Waals surface area contributed by atoms with E-state index in [9.17, 15) is 95.5 Å². The van der Waals surface area contributed by atoms with Crippen LogP contribution in [-0.4, -0.2) is 325 Å². The highest BCUT2D eigenvalue weighted by Gasteiger charge is 2.58. The van der Waals surface area contributed by atoms with Crippen molar-refractivity contribution < 1.29 is 152 Å². The normalized spacial score (nSPS) is 39.6. The number of unbranched alkanes of at least 4 members (excludes halogenated alkanes) is 5. The molecule has 1 aromatic rings. The summed E-state index contributed by atoms with van der Waals surface area (Å²) in [5, 5.41) is 168. The Morgan fingerprint density at radius 2 is 0.878 bits per heavy atom. The van der Waals surface area contributed by atoms with Crippen molar-refractivity contribution >= 4 is 29.5 Å². The van der Waals surface area contributed by atoms with E-state index in [0.29, 0.717) is 18.6 Å². The fourth-order valence-corrected chi connectivity index (χ4v) is 12.3. The van der Waals surface area contributed by atoms with Gasteiger partial charge in [-0.2, -0.15) is 0 Å². The van der Waals surface area contributed by atoms with E-state index in [1.54, 1.807) is 12.1 Å². The molecule has 0 radical (unpaired) electrons. The molecule has 36 nitrogen and oxygen atoms in total. The van der Waals surface area contributed by atoms with Crippen LogP contribution in [0.25, 0.3) is 0 Å². The molecule has 5 amide bonds. The number of aliphatic hydroxyl groups excluding tert-OH is 14. The van der Waals surface area contributed by atoms with Crippen LogP contribution >= 0.6 is 0 Å². The Morgan fingerprint density at radius 1 is 0.449 bits per heavy atom. The number of benzene rings is 1. The largest absolute Gasteiger partial charge is 0.494 e. The second kappa shape index (κ2) is 37.7. The first-order valence-electron chi connectivity index (χ1n) is 32.6. The molecule has 0 aromatic heterocycles. The molecule has 19 N–H and O–H groups in total. The van der Waals surface area contributed by atoms with Gasteiger partial charge in [0.2, 0.25) is 23.6 Å². The molecule has 6 heterocycles. The molecule has 556 valence electrons. The highest BCUT2D eigenvalue weighted by Crippen LogP contribution is 2.37. The van der Waals surface area contributed by atoms with Crippen LogP contribution in [-0.2, 0) is 71.3 Å². The van der Waals surface area contributed by atoms with E-state index in [1.807, 2.05) is 0 Å². The quantitative estimate of drug-likeness (QED) is 0.0262. The van der Waals surface area contributed by atoms with Crippen LogP contribution in [0.15, 0.2) is 24.3 Å². The van der Waals surface area contributed by atoms with E-state index in [1.165, 1.54) is 19.1 Å². The summed E-state index contributed by atoms with van der Waals surface area (Å²) in [4.78, 5) is 65.0. The number of ether oxygens (including phenoxy) is 12. The summed E-state index contributed by atoms with van der Waals surface area (Å²) in [6, 6.07) is -2.60. The van der Waals surface area contributed by atoms with Gasteiger partial charge in [-0.3, -0.25) is 24.0 Å². The zero-order valence-electron chi connectivity index (χ0n) is 55.0. The van der Waals surface area contributed by atoms with Gasteiger partial charge in [0.15, 0.2) is 37.7 Å². The van der Waals surface area contributed by atoms with E-state index >= 15 is 0 Å². The fraction of sp³-hybridized carbons (Fsp3) is 0.790. The number of carbonyl (C=O) groups is 5. The minimum atomic E-state index is -2.08. The number of aliphatic hydroxyl groups is 14. The van der Waals surface area contributed by atoms with Gasteiger partial charge in [0, 0.05) is 46.1 Å². The standard InChI is InChI=1S/C62H97N5O31/c1-7-8-9-10-11-12-13-14-15-19-87-32-18-16-17-31(20-32)56(85)67-39-45(78)44(77)33(21-68)91-58(39)95-52-34(22-69)92-59(40(47(52)80)64-28(4)73)96-53-35(23-70)93-60(41(48(53)81)65-29(5)74)97-54-36(24-71)94-61(42(49(54)82)66-30(6)75)98-55-37(90-57(86)38(46(55)79)63-27(3)72)25-88-62-51(84)50(83)43(76)26(2)89-62/h16-18,20,26,33-55,57-62,68-71,76-84,86H,7-11,14-15,19,21-25H2,1-6H3,(H,63,72)(H,64,73)(H,65,74)(H,66,75)(H,67,85)/t26?,33?,34-,35?,36-,37?,38-,39-,40?,41-,42?,43?,44+,45?,46+,47?,48+,49?,50-,51+,52+,53?,54+,55?,57?,58?,59-,60-,61?,62+/m0/s1. The maximum Gasteiger partial charge on any atom is 0.251 e. The van der Waals surface area contributed by atoms with Crippen molar-refractivity contribution in [3.8, 4) is 17.6 Å². The van der Waals surface area contributed by atoms with E-state index < -0.39 is 246 Å². The Balaban J connectivity index is 1.07. The summed E-state index contributed by atoms with van der Waals surface area (Å²) in [6.07, 6.45) is -38.5. The van der Waals surface area contributed by atoms with Crippen LogP contribution in [0.5, 0.6) is 5.75 Å². The molecule has 98 heavy (non-hydrogen) atoms. The Bertz CT molecular complexity index is 2770. The number of hydrogen-bond donors (Lipinski definition) is 19. The zero-order valence-corrected chi connectivity index (χ0v) is 55.0. The number of carbonyl (C=O) groups excluding carboxylic acids is 5. The van der Waals surface area contributed by atoms with Gasteiger partial charge in [0.25, 0.3) is 5.91 Å². The molecule has 7 rings (SSSR count). The third kappa shape index (κ3) is 20.4. The monoisotopic (exact) mass is 1410 g/mol. The Kier molecular flexibility index (Phi) is 30.9. The highest BCUT2D eigenvalue weighted by molar-refractivity contribution is 5.94. The average molecular weight is 1410 g/mol. The Labute approximate surface area is 564 Å². The first kappa shape index (κ1) is 80.2. The Morgan fingerprint density at radius 3 is 1.34 bits per heavy atom. The predicted octanol–water partition coefficient (Wildman–Crippen LogP) is -7.93. The Hall–Kier alpha value is -5.07. The molecular formula is C62H97N5O31. The van der Waals surface area contributed by atoms with Crippen LogP contribution in [0.3, 0.4) is 0 Å². The molecule has 6 saturated heterocycles. The van der Waals surface area contributed by atoms with Crippen molar-refractivity contribution in [1.82, 2.24) is 26.6 Å². The summed E-state index contributed by atoms with van der Waals surface area (Å²) < 4.78 is 71.9. The van der Waals surface area contributed by atoms with Crippen molar-refractivity contribution in [2.75, 3.05) is 39.6 Å². The zero-order chi connectivity index (χ0) is 71.8. The molecule has 0 bridgehead atoms. The molecule has 0 spiro atoms. The molecular weight excluding hydrogens is 1310 g/mol. The number of rotatable bonds is 29. The third-order valence-electron chi connectivity index (χ3n) is 17.4. The summed E-state index contributed by atoms with van der Waals surface area (Å²) in [6.45, 7) is 3.20. The molecule has 6 aliphatic heterocycles. The highest BCUT2D eigenvalue weighted by atomic mass is 16.8. The number of amides is 5. The fourth-order valence-electron chi connectivity index (χ4n) is 12.3. The summed E-state index contributed by atoms with van der Waals surface area (Å²) in [5.74, 6) is 2.53. The van der Waals surface area contributed by atoms with Gasteiger partial charge in [0.05, 0.1) is 45.7 Å². The molecule has 36 heteroatoms. The van der Waals surface area contributed by atoms with Crippen molar-refractivity contribution in [1.29, 1.82) is 0 Å². The topological polar surface area (TPSA) is 539 Å². The van der Waals surface area contributed by atoms with Gasteiger partial charge >= 0.3 is 0 Å². The van der Waals surface area contributed by atoms with Crippen molar-refractivity contribution in [3.05, 3.63) is 29.8 Å². The number of hydrogen-bond acceptors (Lipinski definition) is 31. The molecule has 30 atom stereocenters. The predicted molar refractivity (Wildman–Crippen MR) is 327 cm³/mol. The van der Waals surface area contributed by atoms with E-state index in [4.69, 9.17) is 56.8 Å². The van der Waals surface area contributed by atoms with Gasteiger partial charge in [-0.15, -0.1) is 11.8 Å². The summed E-state index contributed by atoms with van der Waals surface area (Å²) in [5.41, 5.74) is 0.0314. The maximum atomic E-state index is 13.9. The minimum Gasteiger partial charge on any atom is -0.494 e. The van der Waals surface area contributed by atoms with E-state index in [2.05, 4.69) is 45.3 Å².